The molecule has 0 aromatic carbocycles. The Morgan fingerprint density at radius 2 is 1.47 bits per heavy atom. The fourth-order valence-corrected chi connectivity index (χ4v) is 10.7. The second kappa shape index (κ2) is 7.33. The van der Waals surface area contributed by atoms with Crippen molar-refractivity contribution in [3.8, 4) is 0 Å². The molecule has 0 saturated heterocycles. The zero-order chi connectivity index (χ0) is 25.1. The van der Waals surface area contributed by atoms with Crippen LogP contribution in [0.3, 0.4) is 0 Å². The molecule has 5 rings (SSSR count). The van der Waals surface area contributed by atoms with Crippen LogP contribution in [-0.2, 0) is 0 Å². The minimum absolute atomic E-state index is 0.0614. The number of aliphatic hydroxyl groups excluding tert-OH is 4. The Bertz CT molecular complexity index is 881. The molecule has 9 unspecified atom stereocenters. The molecule has 5 aliphatic carbocycles. The van der Waals surface area contributed by atoms with E-state index in [2.05, 4.69) is 54.5 Å². The largest absolute Gasteiger partial charge is 0.396 e. The molecular weight excluding hydrogens is 424 g/mol. The number of hydrogen-bond acceptors (Lipinski definition) is 4. The van der Waals surface area contributed by atoms with Crippen molar-refractivity contribution in [1.29, 1.82) is 0 Å². The van der Waals surface area contributed by atoms with Crippen LogP contribution in [0.5, 0.6) is 0 Å². The summed E-state index contributed by atoms with van der Waals surface area (Å²) in [5, 5.41) is 43.6. The Labute approximate surface area is 207 Å². The molecule has 5 aliphatic rings. The van der Waals surface area contributed by atoms with Gasteiger partial charge in [-0.05, 0) is 90.8 Å². The second-order valence-corrected chi connectivity index (χ2v) is 15.2. The van der Waals surface area contributed by atoms with Crippen LogP contribution in [-0.4, -0.2) is 45.3 Å². The molecule has 4 nitrogen and oxygen atoms in total. The molecule has 0 aliphatic heterocycles. The van der Waals surface area contributed by atoms with Crippen molar-refractivity contribution < 1.29 is 20.4 Å². The summed E-state index contributed by atoms with van der Waals surface area (Å²) < 4.78 is 0. The minimum Gasteiger partial charge on any atom is -0.396 e. The lowest BCUT2D eigenvalue weighted by atomic mass is 9.33. The van der Waals surface area contributed by atoms with Gasteiger partial charge in [0.15, 0.2) is 0 Å². The number of fused-ring (bicyclic) bond motifs is 7. The lowest BCUT2D eigenvalue weighted by Crippen LogP contribution is -2.67. The maximum Gasteiger partial charge on any atom is 0.0863 e. The molecule has 4 fully saturated rings. The number of allylic oxidation sites excluding steroid dienone is 2. The van der Waals surface area contributed by atoms with Crippen LogP contribution < -0.4 is 0 Å². The molecule has 194 valence electrons. The van der Waals surface area contributed by atoms with Crippen LogP contribution in [0.2, 0.25) is 0 Å². The second-order valence-electron chi connectivity index (χ2n) is 15.2. The van der Waals surface area contributed by atoms with Gasteiger partial charge in [0.25, 0.3) is 0 Å². The van der Waals surface area contributed by atoms with E-state index in [0.29, 0.717) is 17.8 Å². The summed E-state index contributed by atoms with van der Waals surface area (Å²) in [6, 6.07) is 0. The lowest BCUT2D eigenvalue weighted by molar-refractivity contribution is -0.225. The van der Waals surface area contributed by atoms with Crippen LogP contribution in [0, 0.1) is 50.2 Å². The first-order valence-corrected chi connectivity index (χ1v) is 14.0. The first-order valence-electron chi connectivity index (χ1n) is 14.0. The highest BCUT2D eigenvalue weighted by atomic mass is 16.3. The van der Waals surface area contributed by atoms with Gasteiger partial charge in [0.1, 0.15) is 0 Å². The predicted octanol–water partition coefficient (Wildman–Crippen LogP) is 5.08. The molecule has 0 spiro atoms. The fraction of sp³-hybridized carbons (Fsp3) is 0.933. The summed E-state index contributed by atoms with van der Waals surface area (Å²) in [5.74, 6) is 1.17. The molecule has 4 N–H and O–H groups in total. The Morgan fingerprint density at radius 3 is 2.12 bits per heavy atom. The Balaban J connectivity index is 1.58. The van der Waals surface area contributed by atoms with Crippen LogP contribution in [0.1, 0.15) is 99.8 Å². The van der Waals surface area contributed by atoms with Crippen LogP contribution in [0.15, 0.2) is 11.6 Å². The van der Waals surface area contributed by atoms with Gasteiger partial charge in [-0.25, -0.2) is 0 Å². The average molecular weight is 475 g/mol. The minimum atomic E-state index is -0.685. The quantitative estimate of drug-likeness (QED) is 0.399. The highest BCUT2D eigenvalue weighted by Crippen LogP contribution is 2.75. The Kier molecular flexibility index (Phi) is 5.44. The molecule has 11 atom stereocenters. The van der Waals surface area contributed by atoms with Crippen molar-refractivity contribution in [2.75, 3.05) is 6.61 Å². The topological polar surface area (TPSA) is 80.9 Å². The molecule has 34 heavy (non-hydrogen) atoms. The van der Waals surface area contributed by atoms with E-state index in [1.54, 1.807) is 5.57 Å². The van der Waals surface area contributed by atoms with Crippen LogP contribution in [0.4, 0.5) is 0 Å². The lowest BCUT2D eigenvalue weighted by Gasteiger charge is -2.72. The third kappa shape index (κ3) is 2.81. The first kappa shape index (κ1) is 25.2. The van der Waals surface area contributed by atoms with Crippen LogP contribution in [0.25, 0.3) is 0 Å². The van der Waals surface area contributed by atoms with Crippen LogP contribution >= 0.6 is 0 Å². The van der Waals surface area contributed by atoms with Gasteiger partial charge in [0, 0.05) is 10.8 Å². The number of hydrogen-bond donors (Lipinski definition) is 4. The van der Waals surface area contributed by atoms with Gasteiger partial charge in [-0.2, -0.15) is 0 Å². The van der Waals surface area contributed by atoms with E-state index >= 15 is 0 Å². The monoisotopic (exact) mass is 474 g/mol. The van der Waals surface area contributed by atoms with Gasteiger partial charge in [0.2, 0.25) is 0 Å². The van der Waals surface area contributed by atoms with E-state index in [1.807, 2.05) is 0 Å². The molecule has 4 heteroatoms. The van der Waals surface area contributed by atoms with Gasteiger partial charge in [-0.3, -0.25) is 0 Å². The van der Waals surface area contributed by atoms with Gasteiger partial charge < -0.3 is 20.4 Å². The summed E-state index contributed by atoms with van der Waals surface area (Å²) in [7, 11) is 0. The van der Waals surface area contributed by atoms with E-state index in [0.717, 1.165) is 51.4 Å². The zero-order valence-electron chi connectivity index (χ0n) is 22.7. The maximum absolute atomic E-state index is 11.3. The highest BCUT2D eigenvalue weighted by molar-refractivity contribution is 5.34. The van der Waals surface area contributed by atoms with Crippen molar-refractivity contribution in [3.05, 3.63) is 11.6 Å². The summed E-state index contributed by atoms with van der Waals surface area (Å²) >= 11 is 0. The van der Waals surface area contributed by atoms with Crippen molar-refractivity contribution >= 4 is 0 Å². The molecule has 0 radical (unpaired) electrons. The molecule has 0 bridgehead atoms. The van der Waals surface area contributed by atoms with E-state index in [9.17, 15) is 20.4 Å². The van der Waals surface area contributed by atoms with Crippen molar-refractivity contribution in [1.82, 2.24) is 0 Å². The summed E-state index contributed by atoms with van der Waals surface area (Å²) in [5.41, 5.74) is 0.920. The smallest absolute Gasteiger partial charge is 0.0863 e. The maximum atomic E-state index is 11.3. The standard InChI is InChI=1S/C30H50O4/c1-25(2)16-19-18-8-9-21-27(4)12-11-22(32)28(5,17-31)20(27)10-13-30(21,7)29(18,6)15-14-26(19,3)24(34)23(25)33/h8,19-24,31-34H,9-17H2,1-7H3/t19?,20?,21?,22?,23?,24?,26?,27?,28-,29-,30?/m1/s1. The number of rotatable bonds is 1. The molecular formula is C30H50O4. The molecule has 0 amide bonds. The van der Waals surface area contributed by atoms with E-state index in [1.165, 1.54) is 0 Å². The Morgan fingerprint density at radius 1 is 0.794 bits per heavy atom. The fourth-order valence-electron chi connectivity index (χ4n) is 10.7. The summed E-state index contributed by atoms with van der Waals surface area (Å²) in [4.78, 5) is 0. The molecule has 0 heterocycles. The van der Waals surface area contributed by atoms with Crippen molar-refractivity contribution in [2.24, 2.45) is 50.2 Å². The summed E-state index contributed by atoms with van der Waals surface area (Å²) in [6.45, 7) is 16.2. The molecule has 4 saturated carbocycles. The van der Waals surface area contributed by atoms with Crippen molar-refractivity contribution in [2.45, 2.75) is 118 Å². The van der Waals surface area contributed by atoms with E-state index in [4.69, 9.17) is 0 Å². The summed E-state index contributed by atoms with van der Waals surface area (Å²) in [6.07, 6.45) is 8.79. The SMILES string of the molecule is CC1(C)CC2C3=CCC4C5(C)CCC(O)[C@](C)(CO)C5CCC4(C)[C@]3(C)CCC2(C)C(O)C1O. The third-order valence-corrected chi connectivity index (χ3v) is 13.5. The van der Waals surface area contributed by atoms with Gasteiger partial charge >= 0.3 is 0 Å². The molecule has 0 aromatic rings. The highest BCUT2D eigenvalue weighted by Gasteiger charge is 2.69. The normalized spacial score (nSPS) is 58.6. The predicted molar refractivity (Wildman–Crippen MR) is 135 cm³/mol. The first-order chi connectivity index (χ1) is 15.6. The molecule has 0 aromatic heterocycles. The van der Waals surface area contributed by atoms with Gasteiger partial charge in [-0.1, -0.05) is 60.1 Å². The van der Waals surface area contributed by atoms with Gasteiger partial charge in [-0.15, -0.1) is 0 Å². The Hall–Kier alpha value is -0.420. The zero-order valence-corrected chi connectivity index (χ0v) is 22.7. The van der Waals surface area contributed by atoms with E-state index in [-0.39, 0.29) is 33.7 Å². The van der Waals surface area contributed by atoms with E-state index < -0.39 is 23.7 Å². The number of aliphatic hydroxyl groups is 4. The third-order valence-electron chi connectivity index (χ3n) is 13.5. The van der Waals surface area contributed by atoms with Crippen molar-refractivity contribution in [3.63, 3.8) is 0 Å². The van der Waals surface area contributed by atoms with Gasteiger partial charge in [0.05, 0.1) is 24.9 Å². The average Bonchev–Trinajstić information content (AvgIpc) is 2.77.